The van der Waals surface area contributed by atoms with Crippen LogP contribution in [0.25, 0.3) is 16.6 Å². The number of benzene rings is 2. The molecule has 0 amide bonds. The molecule has 1 fully saturated rings. The van der Waals surface area contributed by atoms with Gasteiger partial charge in [0, 0.05) is 40.0 Å². The average Bonchev–Trinajstić information content (AvgIpc) is 3.39. The maximum Gasteiger partial charge on any atom is 0.335 e. The number of aromatic carboxylic acids is 1. The van der Waals surface area contributed by atoms with Crippen molar-refractivity contribution in [1.82, 2.24) is 14.3 Å². The predicted octanol–water partition coefficient (Wildman–Crippen LogP) is 5.88. The molecule has 0 aliphatic heterocycles. The molecule has 0 spiro atoms. The number of carboxylic acids is 1. The number of rotatable bonds is 5. The third-order valence-corrected chi connectivity index (χ3v) is 6.64. The SMILES string of the molecule is Cn1cc(-n2c(C3CC3)c(Sc3cccc(C(=O)O)c3)c3ccc(Cl)c(F)c32)cn1. The van der Waals surface area contributed by atoms with Crippen LogP contribution >= 0.6 is 23.4 Å². The lowest BCUT2D eigenvalue weighted by atomic mass is 10.2. The van der Waals surface area contributed by atoms with Crippen LogP contribution in [0.2, 0.25) is 5.02 Å². The second-order valence-corrected chi connectivity index (χ2v) is 8.88. The third-order valence-electron chi connectivity index (χ3n) is 5.23. The van der Waals surface area contributed by atoms with Crippen LogP contribution in [0.1, 0.15) is 34.8 Å². The summed E-state index contributed by atoms with van der Waals surface area (Å²) >= 11 is 7.60. The molecule has 0 atom stereocenters. The summed E-state index contributed by atoms with van der Waals surface area (Å²) in [6.07, 6.45) is 5.61. The fourth-order valence-electron chi connectivity index (χ4n) is 3.74. The van der Waals surface area contributed by atoms with Crippen LogP contribution < -0.4 is 0 Å². The van der Waals surface area contributed by atoms with Gasteiger partial charge in [-0.15, -0.1) is 0 Å². The lowest BCUT2D eigenvalue weighted by Crippen LogP contribution is -2.00. The summed E-state index contributed by atoms with van der Waals surface area (Å²) < 4.78 is 18.9. The Morgan fingerprint density at radius 3 is 2.77 bits per heavy atom. The van der Waals surface area contributed by atoms with Gasteiger partial charge in [-0.2, -0.15) is 5.10 Å². The molecule has 1 aliphatic rings. The van der Waals surface area contributed by atoms with Crippen molar-refractivity contribution in [3.8, 4) is 5.69 Å². The first-order valence-corrected chi connectivity index (χ1v) is 10.7. The first-order chi connectivity index (χ1) is 14.4. The van der Waals surface area contributed by atoms with Gasteiger partial charge < -0.3 is 9.67 Å². The Balaban J connectivity index is 1.78. The molecular weight excluding hydrogens is 425 g/mol. The van der Waals surface area contributed by atoms with Gasteiger partial charge in [0.05, 0.1) is 28.0 Å². The smallest absolute Gasteiger partial charge is 0.335 e. The molecule has 1 N–H and O–H groups in total. The molecule has 5 nitrogen and oxygen atoms in total. The quantitative estimate of drug-likeness (QED) is 0.420. The number of hydrogen-bond acceptors (Lipinski definition) is 3. The fourth-order valence-corrected chi connectivity index (χ4v) is 5.09. The van der Waals surface area contributed by atoms with Crippen molar-refractivity contribution in [1.29, 1.82) is 0 Å². The molecule has 0 bridgehead atoms. The predicted molar refractivity (Wildman–Crippen MR) is 115 cm³/mol. The topological polar surface area (TPSA) is 60.0 Å². The zero-order chi connectivity index (χ0) is 21.0. The second kappa shape index (κ2) is 7.18. The van der Waals surface area contributed by atoms with Gasteiger partial charge in [0.1, 0.15) is 0 Å². The summed E-state index contributed by atoms with van der Waals surface area (Å²) in [6, 6.07) is 10.2. The van der Waals surface area contributed by atoms with Gasteiger partial charge in [-0.3, -0.25) is 4.68 Å². The number of carbonyl (C=O) groups is 1. The Hall–Kier alpha value is -2.77. The van der Waals surface area contributed by atoms with E-state index < -0.39 is 11.8 Å². The van der Waals surface area contributed by atoms with E-state index in [9.17, 15) is 9.90 Å². The number of aromatic nitrogens is 3. The molecule has 8 heteroatoms. The molecule has 1 saturated carbocycles. The summed E-state index contributed by atoms with van der Waals surface area (Å²) in [5, 5.41) is 14.4. The Morgan fingerprint density at radius 1 is 1.30 bits per heavy atom. The van der Waals surface area contributed by atoms with Gasteiger partial charge in [0.2, 0.25) is 0 Å². The summed E-state index contributed by atoms with van der Waals surface area (Å²) in [4.78, 5) is 13.1. The highest BCUT2D eigenvalue weighted by Gasteiger charge is 2.34. The highest BCUT2D eigenvalue weighted by molar-refractivity contribution is 7.99. The summed E-state index contributed by atoms with van der Waals surface area (Å²) in [6.45, 7) is 0. The molecule has 0 saturated heterocycles. The molecule has 5 rings (SSSR count). The van der Waals surface area contributed by atoms with Gasteiger partial charge in [-0.25, -0.2) is 9.18 Å². The van der Waals surface area contributed by atoms with Crippen molar-refractivity contribution >= 4 is 40.2 Å². The minimum Gasteiger partial charge on any atom is -0.478 e. The van der Waals surface area contributed by atoms with E-state index in [4.69, 9.17) is 11.6 Å². The van der Waals surface area contributed by atoms with Crippen LogP contribution in [0.15, 0.2) is 58.6 Å². The summed E-state index contributed by atoms with van der Waals surface area (Å²) in [5.74, 6) is -1.14. The van der Waals surface area contributed by atoms with E-state index in [0.717, 1.165) is 39.4 Å². The first kappa shape index (κ1) is 19.2. The molecule has 152 valence electrons. The maximum absolute atomic E-state index is 15.3. The first-order valence-electron chi connectivity index (χ1n) is 9.46. The Kier molecular flexibility index (Phi) is 4.60. The van der Waals surface area contributed by atoms with E-state index in [1.807, 2.05) is 29.9 Å². The second-order valence-electron chi connectivity index (χ2n) is 7.39. The van der Waals surface area contributed by atoms with Crippen molar-refractivity contribution in [2.75, 3.05) is 0 Å². The van der Waals surface area contributed by atoms with Gasteiger partial charge in [-0.1, -0.05) is 29.4 Å². The Bertz CT molecular complexity index is 1310. The zero-order valence-electron chi connectivity index (χ0n) is 16.0. The fraction of sp³-hybridized carbons (Fsp3) is 0.182. The molecular formula is C22H17ClFN3O2S. The van der Waals surface area contributed by atoms with E-state index >= 15 is 4.39 Å². The number of hydrogen-bond donors (Lipinski definition) is 1. The highest BCUT2D eigenvalue weighted by Crippen LogP contribution is 2.51. The van der Waals surface area contributed by atoms with Crippen molar-refractivity contribution in [3.63, 3.8) is 0 Å². The molecule has 2 aromatic carbocycles. The number of fused-ring (bicyclic) bond motifs is 1. The van der Waals surface area contributed by atoms with Crippen LogP contribution in [0.5, 0.6) is 0 Å². The van der Waals surface area contributed by atoms with Crippen molar-refractivity contribution in [2.24, 2.45) is 7.05 Å². The van der Waals surface area contributed by atoms with E-state index in [2.05, 4.69) is 5.10 Å². The van der Waals surface area contributed by atoms with E-state index in [-0.39, 0.29) is 10.6 Å². The standard InChI is InChI=1S/C22H17ClFN3O2S/c1-26-11-14(10-25-26)27-19(12-5-6-12)21(16-7-8-17(23)18(24)20(16)27)30-15-4-2-3-13(9-15)22(28)29/h2-4,7-12H,5-6H2,1H3,(H,28,29). The van der Waals surface area contributed by atoms with Crippen molar-refractivity contribution < 1.29 is 14.3 Å². The molecule has 30 heavy (non-hydrogen) atoms. The minimum absolute atomic E-state index is 0.0666. The number of halogens is 2. The molecule has 0 radical (unpaired) electrons. The highest BCUT2D eigenvalue weighted by atomic mass is 35.5. The zero-order valence-corrected chi connectivity index (χ0v) is 17.5. The number of aryl methyl sites for hydroxylation is 1. The van der Waals surface area contributed by atoms with Crippen LogP contribution in [0.3, 0.4) is 0 Å². The van der Waals surface area contributed by atoms with Crippen LogP contribution in [0, 0.1) is 5.82 Å². The normalized spacial score (nSPS) is 13.8. The van der Waals surface area contributed by atoms with Crippen LogP contribution in [-0.4, -0.2) is 25.4 Å². The molecule has 2 heterocycles. The monoisotopic (exact) mass is 441 g/mol. The third kappa shape index (κ3) is 3.18. The van der Waals surface area contributed by atoms with Crippen molar-refractivity contribution in [3.05, 3.63) is 70.9 Å². The summed E-state index contributed by atoms with van der Waals surface area (Å²) in [7, 11) is 1.82. The molecule has 2 aromatic heterocycles. The average molecular weight is 442 g/mol. The lowest BCUT2D eigenvalue weighted by molar-refractivity contribution is 0.0696. The van der Waals surface area contributed by atoms with Crippen LogP contribution in [0.4, 0.5) is 4.39 Å². The lowest BCUT2D eigenvalue weighted by Gasteiger charge is -2.10. The molecule has 0 unspecified atom stereocenters. The van der Waals surface area contributed by atoms with Gasteiger partial charge >= 0.3 is 5.97 Å². The molecule has 1 aliphatic carbocycles. The van der Waals surface area contributed by atoms with Gasteiger partial charge in [-0.05, 0) is 43.2 Å². The van der Waals surface area contributed by atoms with E-state index in [1.165, 1.54) is 11.8 Å². The Morgan fingerprint density at radius 2 is 2.10 bits per heavy atom. The van der Waals surface area contributed by atoms with Crippen molar-refractivity contribution in [2.45, 2.75) is 28.6 Å². The van der Waals surface area contributed by atoms with E-state index in [1.54, 1.807) is 35.1 Å². The number of nitrogens with zero attached hydrogens (tertiary/aromatic N) is 3. The van der Waals surface area contributed by atoms with Crippen LogP contribution in [-0.2, 0) is 7.05 Å². The Labute approximate surface area is 181 Å². The van der Waals surface area contributed by atoms with Gasteiger partial charge in [0.25, 0.3) is 0 Å². The maximum atomic E-state index is 15.3. The van der Waals surface area contributed by atoms with E-state index in [0.29, 0.717) is 11.4 Å². The van der Waals surface area contributed by atoms with Gasteiger partial charge in [0.15, 0.2) is 5.82 Å². The minimum atomic E-state index is -0.976. The largest absolute Gasteiger partial charge is 0.478 e. The number of carboxylic acid groups (broad SMARTS) is 1. The summed E-state index contributed by atoms with van der Waals surface area (Å²) in [5.41, 5.74) is 2.44. The molecule has 4 aromatic rings.